The van der Waals surface area contributed by atoms with Gasteiger partial charge in [0, 0.05) is 10.9 Å². The SMILES string of the molecule is CCc1ccc(-c2csc(NC(=O)/C(C#N)=C/c3ccc4c(c3)OCCO4)n2)cc1. The molecule has 1 aliphatic heterocycles. The lowest BCUT2D eigenvalue weighted by Crippen LogP contribution is -2.15. The van der Waals surface area contributed by atoms with Crippen LogP contribution in [0.3, 0.4) is 0 Å². The molecule has 1 aliphatic rings. The number of aromatic nitrogens is 1. The second-order valence-corrected chi connectivity index (χ2v) is 7.47. The van der Waals surface area contributed by atoms with E-state index in [4.69, 9.17) is 9.47 Å². The van der Waals surface area contributed by atoms with E-state index in [9.17, 15) is 10.1 Å². The molecular formula is C23H19N3O3S. The van der Waals surface area contributed by atoms with Crippen LogP contribution in [0.4, 0.5) is 5.13 Å². The quantitative estimate of drug-likeness (QED) is 0.481. The highest BCUT2D eigenvalue weighted by Gasteiger charge is 2.15. The second kappa shape index (κ2) is 8.80. The largest absolute Gasteiger partial charge is 0.486 e. The number of amides is 1. The van der Waals surface area contributed by atoms with Crippen molar-refractivity contribution in [3.05, 3.63) is 64.5 Å². The molecule has 0 saturated heterocycles. The molecule has 150 valence electrons. The summed E-state index contributed by atoms with van der Waals surface area (Å²) in [4.78, 5) is 17.0. The molecule has 2 heterocycles. The molecule has 0 unspecified atom stereocenters. The number of nitrogens with zero attached hydrogens (tertiary/aromatic N) is 2. The molecular weight excluding hydrogens is 398 g/mol. The van der Waals surface area contributed by atoms with Gasteiger partial charge in [-0.3, -0.25) is 10.1 Å². The minimum atomic E-state index is -0.505. The van der Waals surface area contributed by atoms with Crippen molar-refractivity contribution in [3.8, 4) is 28.8 Å². The van der Waals surface area contributed by atoms with Gasteiger partial charge in [-0.1, -0.05) is 37.3 Å². The summed E-state index contributed by atoms with van der Waals surface area (Å²) >= 11 is 1.32. The fraction of sp³-hybridized carbons (Fsp3) is 0.174. The van der Waals surface area contributed by atoms with Crippen LogP contribution in [0, 0.1) is 11.3 Å². The number of fused-ring (bicyclic) bond motifs is 1. The van der Waals surface area contributed by atoms with Crippen LogP contribution in [0.2, 0.25) is 0 Å². The number of carbonyl (C=O) groups is 1. The fourth-order valence-corrected chi connectivity index (χ4v) is 3.72. The van der Waals surface area contributed by atoms with Crippen LogP contribution in [0.15, 0.2) is 53.4 Å². The van der Waals surface area contributed by atoms with Crippen molar-refractivity contribution in [2.45, 2.75) is 13.3 Å². The van der Waals surface area contributed by atoms with Gasteiger partial charge in [0.1, 0.15) is 24.9 Å². The van der Waals surface area contributed by atoms with Crippen molar-refractivity contribution in [2.75, 3.05) is 18.5 Å². The standard InChI is InChI=1S/C23H19N3O3S/c1-2-15-3-6-17(7-4-15)19-14-30-23(25-19)26-22(27)18(13-24)11-16-5-8-20-21(12-16)29-10-9-28-20/h3-8,11-12,14H,2,9-10H2,1H3,(H,25,26,27)/b18-11+. The Kier molecular flexibility index (Phi) is 5.77. The van der Waals surface area contributed by atoms with Gasteiger partial charge in [0.2, 0.25) is 0 Å². The molecule has 2 aromatic carbocycles. The van der Waals surface area contributed by atoms with Crippen LogP contribution in [-0.4, -0.2) is 24.1 Å². The summed E-state index contributed by atoms with van der Waals surface area (Å²) in [6.45, 7) is 3.09. The summed E-state index contributed by atoms with van der Waals surface area (Å²) in [7, 11) is 0. The number of ether oxygens (including phenoxy) is 2. The molecule has 0 atom stereocenters. The average molecular weight is 417 g/mol. The first-order chi connectivity index (χ1) is 14.7. The summed E-state index contributed by atoms with van der Waals surface area (Å²) in [5, 5.41) is 14.5. The molecule has 1 amide bonds. The number of nitrogens with one attached hydrogen (secondary N) is 1. The Hall–Kier alpha value is -3.63. The Morgan fingerprint density at radius 2 is 1.97 bits per heavy atom. The van der Waals surface area contributed by atoms with Gasteiger partial charge in [-0.2, -0.15) is 5.26 Å². The summed E-state index contributed by atoms with van der Waals surface area (Å²) < 4.78 is 11.0. The summed E-state index contributed by atoms with van der Waals surface area (Å²) in [6, 6.07) is 15.4. The zero-order valence-electron chi connectivity index (χ0n) is 16.3. The molecule has 7 heteroatoms. The zero-order chi connectivity index (χ0) is 20.9. The lowest BCUT2D eigenvalue weighted by atomic mass is 10.1. The van der Waals surface area contributed by atoms with E-state index in [0.29, 0.717) is 35.4 Å². The van der Waals surface area contributed by atoms with Gasteiger partial charge in [0.25, 0.3) is 5.91 Å². The molecule has 0 spiro atoms. The van der Waals surface area contributed by atoms with Crippen molar-refractivity contribution in [3.63, 3.8) is 0 Å². The maximum absolute atomic E-state index is 12.6. The van der Waals surface area contributed by atoms with Crippen LogP contribution >= 0.6 is 11.3 Å². The normalized spacial score (nSPS) is 12.9. The number of anilines is 1. The third-order valence-electron chi connectivity index (χ3n) is 4.62. The van der Waals surface area contributed by atoms with E-state index in [1.165, 1.54) is 23.0 Å². The number of nitriles is 1. The van der Waals surface area contributed by atoms with Crippen LogP contribution in [0.1, 0.15) is 18.1 Å². The van der Waals surface area contributed by atoms with E-state index in [0.717, 1.165) is 17.7 Å². The predicted octanol–water partition coefficient (Wildman–Crippen LogP) is 4.69. The second-order valence-electron chi connectivity index (χ2n) is 6.62. The summed E-state index contributed by atoms with van der Waals surface area (Å²) in [5.74, 6) is 0.754. The minimum absolute atomic E-state index is 0.0178. The van der Waals surface area contributed by atoms with Crippen molar-refractivity contribution in [2.24, 2.45) is 0 Å². The van der Waals surface area contributed by atoms with Gasteiger partial charge in [0.05, 0.1) is 5.69 Å². The monoisotopic (exact) mass is 417 g/mol. The van der Waals surface area contributed by atoms with Crippen LogP contribution in [0.5, 0.6) is 11.5 Å². The molecule has 6 nitrogen and oxygen atoms in total. The van der Waals surface area contributed by atoms with Gasteiger partial charge >= 0.3 is 0 Å². The zero-order valence-corrected chi connectivity index (χ0v) is 17.2. The van der Waals surface area contributed by atoms with E-state index in [-0.39, 0.29) is 5.57 Å². The van der Waals surface area contributed by atoms with E-state index in [1.807, 2.05) is 23.6 Å². The van der Waals surface area contributed by atoms with Crippen molar-refractivity contribution >= 4 is 28.5 Å². The number of hydrogen-bond donors (Lipinski definition) is 1. The van der Waals surface area contributed by atoms with Gasteiger partial charge < -0.3 is 9.47 Å². The Morgan fingerprint density at radius 1 is 1.20 bits per heavy atom. The Labute approximate surface area is 178 Å². The minimum Gasteiger partial charge on any atom is -0.486 e. The third-order valence-corrected chi connectivity index (χ3v) is 5.38. The van der Waals surface area contributed by atoms with E-state index in [2.05, 4.69) is 29.4 Å². The number of hydrogen-bond acceptors (Lipinski definition) is 6. The molecule has 1 N–H and O–H groups in total. The number of benzene rings is 2. The van der Waals surface area contributed by atoms with Gasteiger partial charge in [-0.25, -0.2) is 4.98 Å². The maximum atomic E-state index is 12.6. The molecule has 1 aromatic heterocycles. The first kappa shape index (κ1) is 19.7. The van der Waals surface area contributed by atoms with E-state index >= 15 is 0 Å². The molecule has 0 aliphatic carbocycles. The summed E-state index contributed by atoms with van der Waals surface area (Å²) in [6.07, 6.45) is 2.50. The molecule has 30 heavy (non-hydrogen) atoms. The van der Waals surface area contributed by atoms with Crippen LogP contribution in [0.25, 0.3) is 17.3 Å². The number of rotatable bonds is 5. The van der Waals surface area contributed by atoms with Crippen molar-refractivity contribution in [1.82, 2.24) is 4.98 Å². The Morgan fingerprint density at radius 3 is 2.70 bits per heavy atom. The smallest absolute Gasteiger partial charge is 0.268 e. The van der Waals surface area contributed by atoms with Crippen LogP contribution < -0.4 is 14.8 Å². The summed E-state index contributed by atoms with van der Waals surface area (Å²) in [5.41, 5.74) is 3.69. The highest BCUT2D eigenvalue weighted by Crippen LogP contribution is 2.31. The molecule has 0 saturated carbocycles. The third kappa shape index (κ3) is 4.34. The number of carbonyl (C=O) groups excluding carboxylic acids is 1. The average Bonchev–Trinajstić information content (AvgIpc) is 3.25. The molecule has 0 bridgehead atoms. The first-order valence-corrected chi connectivity index (χ1v) is 10.4. The highest BCUT2D eigenvalue weighted by molar-refractivity contribution is 7.14. The molecule has 3 aromatic rings. The highest BCUT2D eigenvalue weighted by atomic mass is 32.1. The van der Waals surface area contributed by atoms with Crippen LogP contribution in [-0.2, 0) is 11.2 Å². The van der Waals surface area contributed by atoms with Crippen molar-refractivity contribution in [1.29, 1.82) is 5.26 Å². The van der Waals surface area contributed by atoms with Crippen molar-refractivity contribution < 1.29 is 14.3 Å². The lowest BCUT2D eigenvalue weighted by Gasteiger charge is -2.18. The Balaban J connectivity index is 1.49. The lowest BCUT2D eigenvalue weighted by molar-refractivity contribution is -0.112. The molecule has 4 rings (SSSR count). The topological polar surface area (TPSA) is 84.2 Å². The Bertz CT molecular complexity index is 1140. The fourth-order valence-electron chi connectivity index (χ4n) is 3.00. The first-order valence-electron chi connectivity index (χ1n) is 9.54. The molecule has 0 radical (unpaired) electrons. The predicted molar refractivity (Wildman–Crippen MR) is 117 cm³/mol. The van der Waals surface area contributed by atoms with Gasteiger partial charge in [0.15, 0.2) is 16.6 Å². The molecule has 0 fully saturated rings. The van der Waals surface area contributed by atoms with E-state index < -0.39 is 5.91 Å². The number of thiazole rings is 1. The maximum Gasteiger partial charge on any atom is 0.268 e. The number of aryl methyl sites for hydroxylation is 1. The van der Waals surface area contributed by atoms with Gasteiger partial charge in [-0.15, -0.1) is 11.3 Å². The van der Waals surface area contributed by atoms with E-state index in [1.54, 1.807) is 18.2 Å². The van der Waals surface area contributed by atoms with Gasteiger partial charge in [-0.05, 0) is 35.8 Å².